The van der Waals surface area contributed by atoms with E-state index in [0.717, 1.165) is 0 Å². The Morgan fingerprint density at radius 1 is 1.75 bits per heavy atom. The van der Waals surface area contributed by atoms with E-state index in [-0.39, 0.29) is 5.69 Å². The van der Waals surface area contributed by atoms with E-state index in [1.54, 1.807) is 0 Å². The molecule has 8 heavy (non-hydrogen) atoms. The second kappa shape index (κ2) is 2.15. The first-order chi connectivity index (χ1) is 3.93. The van der Waals surface area contributed by atoms with Crippen LogP contribution in [0.4, 0.5) is 10.2 Å². The molecule has 0 aliphatic heterocycles. The van der Waals surface area contributed by atoms with Crippen molar-refractivity contribution in [2.24, 2.45) is 0 Å². The number of nitrogens with one attached hydrogen (secondary N) is 1. The molecule has 1 N–H and O–H groups in total. The topological polar surface area (TPSA) is 50.7 Å². The van der Waals surface area contributed by atoms with Crippen LogP contribution in [0, 0.1) is 6.20 Å². The standard InChI is InChI=1S/C3H2FN4/c4-7-3-1-5-8-6-2-3/h1H,(H,7,8). The van der Waals surface area contributed by atoms with Gasteiger partial charge in [0.25, 0.3) is 0 Å². The fourth-order valence-electron chi connectivity index (χ4n) is 0.260. The zero-order valence-electron chi connectivity index (χ0n) is 3.80. The van der Waals surface area contributed by atoms with Gasteiger partial charge in [-0.15, -0.1) is 14.7 Å². The number of halogens is 1. The molecule has 0 aliphatic rings. The van der Waals surface area contributed by atoms with E-state index in [0.29, 0.717) is 0 Å². The molecule has 0 aliphatic carbocycles. The summed E-state index contributed by atoms with van der Waals surface area (Å²) in [7, 11) is 0. The molecule has 0 atom stereocenters. The van der Waals surface area contributed by atoms with Crippen LogP contribution < -0.4 is 5.54 Å². The van der Waals surface area contributed by atoms with Crippen LogP contribution in [0.25, 0.3) is 0 Å². The highest BCUT2D eigenvalue weighted by Crippen LogP contribution is 1.95. The zero-order chi connectivity index (χ0) is 5.82. The highest BCUT2D eigenvalue weighted by Gasteiger charge is 1.86. The summed E-state index contributed by atoms with van der Waals surface area (Å²) in [6, 6.07) is 0. The maximum Gasteiger partial charge on any atom is 0.145 e. The Hall–Kier alpha value is -1.26. The lowest BCUT2D eigenvalue weighted by Gasteiger charge is -1.85. The monoisotopic (exact) mass is 113 g/mol. The van der Waals surface area contributed by atoms with E-state index in [1.807, 2.05) is 0 Å². The van der Waals surface area contributed by atoms with Gasteiger partial charge < -0.3 is 0 Å². The van der Waals surface area contributed by atoms with E-state index in [4.69, 9.17) is 0 Å². The summed E-state index contributed by atoms with van der Waals surface area (Å²) >= 11 is 0. The molecule has 1 aromatic rings. The fraction of sp³-hybridized carbons (Fsp3) is 0. The highest BCUT2D eigenvalue weighted by molar-refractivity contribution is 5.31. The number of aromatic nitrogens is 3. The number of hydrogen-bond acceptors (Lipinski definition) is 4. The smallest absolute Gasteiger partial charge is 0.145 e. The van der Waals surface area contributed by atoms with Gasteiger partial charge in [-0.1, -0.05) is 0 Å². The van der Waals surface area contributed by atoms with Crippen molar-refractivity contribution in [1.29, 1.82) is 0 Å². The molecule has 41 valence electrons. The van der Waals surface area contributed by atoms with Gasteiger partial charge in [-0.25, -0.2) is 5.54 Å². The van der Waals surface area contributed by atoms with Crippen molar-refractivity contribution in [3.05, 3.63) is 12.4 Å². The Morgan fingerprint density at radius 3 is 3.00 bits per heavy atom. The number of nitrogens with zero attached hydrogens (tertiary/aromatic N) is 3. The average Bonchev–Trinajstić information content (AvgIpc) is 1.90. The van der Waals surface area contributed by atoms with Crippen LogP contribution in [0.1, 0.15) is 0 Å². The summed E-state index contributed by atoms with van der Waals surface area (Å²) in [6.45, 7) is 0. The first kappa shape index (κ1) is 4.89. The van der Waals surface area contributed by atoms with Crippen LogP contribution in [0.5, 0.6) is 0 Å². The summed E-state index contributed by atoms with van der Waals surface area (Å²) < 4.78 is 11.3. The van der Waals surface area contributed by atoms with Crippen LogP contribution in [0.2, 0.25) is 0 Å². The van der Waals surface area contributed by atoms with Crippen LogP contribution in [-0.4, -0.2) is 15.4 Å². The zero-order valence-corrected chi connectivity index (χ0v) is 3.80. The Kier molecular flexibility index (Phi) is 1.32. The first-order valence-corrected chi connectivity index (χ1v) is 1.86. The van der Waals surface area contributed by atoms with E-state index >= 15 is 0 Å². The summed E-state index contributed by atoms with van der Waals surface area (Å²) in [4.78, 5) is 0. The molecule has 1 rings (SSSR count). The van der Waals surface area contributed by atoms with Crippen molar-refractivity contribution in [3.63, 3.8) is 0 Å². The Bertz CT molecular complexity index is 153. The van der Waals surface area contributed by atoms with Gasteiger partial charge in [-0.2, -0.15) is 0 Å². The largest absolute Gasteiger partial charge is 0.221 e. The van der Waals surface area contributed by atoms with Gasteiger partial charge in [0.05, 0.1) is 6.20 Å². The quantitative estimate of drug-likeness (QED) is 0.519. The third-order valence-electron chi connectivity index (χ3n) is 0.555. The maximum atomic E-state index is 11.3. The third kappa shape index (κ3) is 0.868. The van der Waals surface area contributed by atoms with E-state index in [1.165, 1.54) is 11.7 Å². The van der Waals surface area contributed by atoms with Crippen molar-refractivity contribution < 1.29 is 4.48 Å². The fourth-order valence-corrected chi connectivity index (χ4v) is 0.260. The van der Waals surface area contributed by atoms with Crippen molar-refractivity contribution >= 4 is 5.69 Å². The molecule has 0 aromatic carbocycles. The second-order valence-electron chi connectivity index (χ2n) is 1.05. The molecule has 0 amide bonds. The Balaban J connectivity index is 2.83. The minimum absolute atomic E-state index is 0.0833. The van der Waals surface area contributed by atoms with Crippen molar-refractivity contribution in [2.45, 2.75) is 0 Å². The van der Waals surface area contributed by atoms with Crippen molar-refractivity contribution in [1.82, 2.24) is 15.4 Å². The second-order valence-corrected chi connectivity index (χ2v) is 1.05. The van der Waals surface area contributed by atoms with E-state index in [2.05, 4.69) is 21.6 Å². The lowest BCUT2D eigenvalue weighted by molar-refractivity contribution is 0.613. The summed E-state index contributed by atoms with van der Waals surface area (Å²) in [6.07, 6.45) is 3.38. The van der Waals surface area contributed by atoms with E-state index in [9.17, 15) is 4.48 Å². The number of anilines is 1. The van der Waals surface area contributed by atoms with Gasteiger partial charge in [0.15, 0.2) is 0 Å². The van der Waals surface area contributed by atoms with Crippen molar-refractivity contribution in [2.75, 3.05) is 5.54 Å². The molecule has 0 unspecified atom stereocenters. The minimum Gasteiger partial charge on any atom is -0.221 e. The molecule has 0 saturated heterocycles. The van der Waals surface area contributed by atoms with E-state index < -0.39 is 0 Å². The number of rotatable bonds is 1. The third-order valence-corrected chi connectivity index (χ3v) is 0.555. The average molecular weight is 113 g/mol. The van der Waals surface area contributed by atoms with Gasteiger partial charge >= 0.3 is 0 Å². The molecule has 1 aromatic heterocycles. The molecule has 4 nitrogen and oxygen atoms in total. The molecule has 1 heterocycles. The highest BCUT2D eigenvalue weighted by atomic mass is 19.2. The van der Waals surface area contributed by atoms with Crippen LogP contribution in [0.3, 0.4) is 0 Å². The molecule has 0 spiro atoms. The van der Waals surface area contributed by atoms with Gasteiger partial charge in [-0.3, -0.25) is 0 Å². The Labute approximate surface area is 44.7 Å². The van der Waals surface area contributed by atoms with Crippen LogP contribution >= 0.6 is 0 Å². The normalized spacial score (nSPS) is 8.62. The lowest BCUT2D eigenvalue weighted by atomic mass is 10.6. The van der Waals surface area contributed by atoms with Gasteiger partial charge in [-0.05, 0) is 5.21 Å². The number of hydrogen-bond donors (Lipinski definition) is 1. The predicted octanol–water partition coefficient (Wildman–Crippen LogP) is -0.0318. The van der Waals surface area contributed by atoms with Gasteiger partial charge in [0.2, 0.25) is 0 Å². The van der Waals surface area contributed by atoms with Crippen molar-refractivity contribution in [3.8, 4) is 0 Å². The molecular weight excluding hydrogens is 111 g/mol. The van der Waals surface area contributed by atoms with Crippen LogP contribution in [0.15, 0.2) is 6.20 Å². The minimum atomic E-state index is 0.0833. The molecule has 0 saturated carbocycles. The van der Waals surface area contributed by atoms with Gasteiger partial charge in [0.1, 0.15) is 11.9 Å². The Morgan fingerprint density at radius 2 is 2.62 bits per heavy atom. The first-order valence-electron chi connectivity index (χ1n) is 1.86. The molecule has 0 bridgehead atoms. The van der Waals surface area contributed by atoms with Crippen LogP contribution in [-0.2, 0) is 0 Å². The summed E-state index contributed by atoms with van der Waals surface area (Å²) in [5, 5.41) is 9.56. The molecule has 5 heteroatoms. The molecule has 1 radical (unpaired) electrons. The summed E-state index contributed by atoms with van der Waals surface area (Å²) in [5.74, 6) is 0. The maximum absolute atomic E-state index is 11.3. The van der Waals surface area contributed by atoms with Gasteiger partial charge in [0, 0.05) is 0 Å². The summed E-state index contributed by atoms with van der Waals surface area (Å²) in [5.41, 5.74) is 1.39. The predicted molar refractivity (Wildman–Crippen MR) is 23.4 cm³/mol. The molecular formula is C3H2FN4. The SMILES string of the molecule is FNc1[c]nnnc1. The molecule has 0 fully saturated rings. The lowest BCUT2D eigenvalue weighted by Crippen LogP contribution is -1.88.